The van der Waals surface area contributed by atoms with Crippen LogP contribution in [-0.4, -0.2) is 55.1 Å². The summed E-state index contributed by atoms with van der Waals surface area (Å²) < 4.78 is 37.2. The van der Waals surface area contributed by atoms with Gasteiger partial charge in [0.25, 0.3) is 11.6 Å². The smallest absolute Gasteiger partial charge is 0.379 e. The van der Waals surface area contributed by atoms with Crippen molar-refractivity contribution in [2.24, 2.45) is 5.92 Å². The van der Waals surface area contributed by atoms with Crippen LogP contribution in [0.15, 0.2) is 18.2 Å². The summed E-state index contributed by atoms with van der Waals surface area (Å²) in [5, 5.41) is 16.6. The van der Waals surface area contributed by atoms with E-state index in [1.54, 1.807) is 0 Å². The lowest BCUT2D eigenvalue weighted by Gasteiger charge is -2.32. The Morgan fingerprint density at radius 3 is 2.54 bits per heavy atom. The molecule has 1 saturated heterocycles. The van der Waals surface area contributed by atoms with Gasteiger partial charge in [-0.3, -0.25) is 19.8 Å². The minimum atomic E-state index is -4.20. The molecule has 1 aliphatic heterocycles. The first-order chi connectivity index (χ1) is 12.2. The monoisotopic (exact) mass is 374 g/mol. The van der Waals surface area contributed by atoms with E-state index in [0.717, 1.165) is 0 Å². The van der Waals surface area contributed by atoms with Crippen LogP contribution >= 0.6 is 0 Å². The highest BCUT2D eigenvalue weighted by Gasteiger charge is 2.32. The van der Waals surface area contributed by atoms with E-state index in [9.17, 15) is 28.1 Å². The fraction of sp³-hybridized carbons (Fsp3) is 0.562. The van der Waals surface area contributed by atoms with E-state index in [1.807, 2.05) is 0 Å². The lowest BCUT2D eigenvalue weighted by molar-refractivity contribution is -0.384. The van der Waals surface area contributed by atoms with Crippen LogP contribution in [0.5, 0.6) is 0 Å². The molecule has 0 bridgehead atoms. The van der Waals surface area contributed by atoms with Crippen LogP contribution in [0.25, 0.3) is 0 Å². The van der Waals surface area contributed by atoms with Gasteiger partial charge in [-0.15, -0.1) is 0 Å². The Balaban J connectivity index is 1.93. The number of carbonyl (C=O) groups excluding carboxylic acids is 1. The number of benzene rings is 1. The predicted molar refractivity (Wildman–Crippen MR) is 90.2 cm³/mol. The highest BCUT2D eigenvalue weighted by molar-refractivity contribution is 5.95. The Bertz CT molecular complexity index is 659. The third-order valence-corrected chi connectivity index (χ3v) is 4.37. The predicted octanol–water partition coefficient (Wildman–Crippen LogP) is 2.64. The van der Waals surface area contributed by atoms with E-state index >= 15 is 0 Å². The molecule has 10 heteroatoms. The minimum absolute atomic E-state index is 0.137. The Hall–Kier alpha value is -2.36. The first-order valence-electron chi connectivity index (χ1n) is 8.23. The van der Waals surface area contributed by atoms with Crippen molar-refractivity contribution in [1.82, 2.24) is 10.2 Å². The molecule has 1 aromatic carbocycles. The largest absolute Gasteiger partial charge is 0.401 e. The van der Waals surface area contributed by atoms with Crippen molar-refractivity contribution in [3.8, 4) is 0 Å². The number of nitrogens with one attached hydrogen (secondary N) is 2. The average Bonchev–Trinajstić information content (AvgIpc) is 2.59. The van der Waals surface area contributed by atoms with Gasteiger partial charge in [-0.05, 0) is 44.0 Å². The summed E-state index contributed by atoms with van der Waals surface area (Å²) in [5.74, 6) is -0.283. The lowest BCUT2D eigenvalue weighted by atomic mass is 9.96. The van der Waals surface area contributed by atoms with Gasteiger partial charge in [-0.25, -0.2) is 0 Å². The second-order valence-corrected chi connectivity index (χ2v) is 6.28. The van der Waals surface area contributed by atoms with Crippen molar-refractivity contribution in [3.05, 3.63) is 33.9 Å². The Morgan fingerprint density at radius 2 is 2.00 bits per heavy atom. The van der Waals surface area contributed by atoms with E-state index in [-0.39, 0.29) is 17.2 Å². The van der Waals surface area contributed by atoms with Crippen LogP contribution in [0.1, 0.15) is 23.2 Å². The molecule has 0 spiro atoms. The molecule has 144 valence electrons. The number of alkyl halides is 3. The molecule has 1 amide bonds. The number of nitrogens with zero attached hydrogens (tertiary/aromatic N) is 2. The zero-order valence-electron chi connectivity index (χ0n) is 14.3. The topological polar surface area (TPSA) is 87.5 Å². The number of nitro groups is 1. The summed E-state index contributed by atoms with van der Waals surface area (Å²) in [5.41, 5.74) is 0.270. The minimum Gasteiger partial charge on any atom is -0.379 e. The molecule has 0 radical (unpaired) electrons. The van der Waals surface area contributed by atoms with Gasteiger partial charge in [0.05, 0.1) is 11.5 Å². The second kappa shape index (κ2) is 8.35. The third kappa shape index (κ3) is 5.58. The quantitative estimate of drug-likeness (QED) is 0.590. The van der Waals surface area contributed by atoms with Gasteiger partial charge in [0, 0.05) is 25.2 Å². The molecule has 0 aliphatic carbocycles. The molecular formula is C16H21F3N4O3. The van der Waals surface area contributed by atoms with Crippen molar-refractivity contribution in [3.63, 3.8) is 0 Å². The van der Waals surface area contributed by atoms with Crippen LogP contribution in [0, 0.1) is 16.0 Å². The zero-order valence-corrected chi connectivity index (χ0v) is 14.3. The van der Waals surface area contributed by atoms with E-state index in [0.29, 0.717) is 38.2 Å². The van der Waals surface area contributed by atoms with Crippen molar-refractivity contribution >= 4 is 17.3 Å². The summed E-state index contributed by atoms with van der Waals surface area (Å²) in [4.78, 5) is 23.6. The molecule has 1 heterocycles. The molecule has 1 aromatic rings. The lowest BCUT2D eigenvalue weighted by Crippen LogP contribution is -2.41. The number of rotatable bonds is 6. The van der Waals surface area contributed by atoms with E-state index in [2.05, 4.69) is 10.6 Å². The molecule has 2 rings (SSSR count). The van der Waals surface area contributed by atoms with Crippen molar-refractivity contribution in [1.29, 1.82) is 0 Å². The Kier molecular flexibility index (Phi) is 6.41. The number of hydrogen-bond donors (Lipinski definition) is 2. The van der Waals surface area contributed by atoms with E-state index in [1.165, 1.54) is 30.1 Å². The SMILES string of the molecule is CNC(=O)c1ccc(NCC2CCN(CC(F)(F)F)CC2)c([N+](=O)[O-])c1. The van der Waals surface area contributed by atoms with Gasteiger partial charge in [0.1, 0.15) is 5.69 Å². The first kappa shape index (κ1) is 20.0. The van der Waals surface area contributed by atoms with Crippen LogP contribution in [-0.2, 0) is 0 Å². The average molecular weight is 374 g/mol. The van der Waals surface area contributed by atoms with Gasteiger partial charge in [-0.2, -0.15) is 13.2 Å². The molecule has 1 fully saturated rings. The summed E-state index contributed by atoms with van der Waals surface area (Å²) in [7, 11) is 1.44. The maximum Gasteiger partial charge on any atom is 0.401 e. The molecule has 0 aromatic heterocycles. The van der Waals surface area contributed by atoms with Gasteiger partial charge >= 0.3 is 6.18 Å². The van der Waals surface area contributed by atoms with Gasteiger partial charge < -0.3 is 10.6 Å². The van der Waals surface area contributed by atoms with Gasteiger partial charge in [-0.1, -0.05) is 0 Å². The molecule has 26 heavy (non-hydrogen) atoms. The van der Waals surface area contributed by atoms with Crippen molar-refractivity contribution in [2.75, 3.05) is 38.5 Å². The standard InChI is InChI=1S/C16H21F3N4O3/c1-20-15(24)12-2-3-13(14(8-12)23(25)26)21-9-11-4-6-22(7-5-11)10-16(17,18)19/h2-3,8,11,21H,4-7,9-10H2,1H3,(H,20,24). The van der Waals surface area contributed by atoms with Gasteiger partial charge in [0.15, 0.2) is 0 Å². The van der Waals surface area contributed by atoms with Crippen LogP contribution < -0.4 is 10.6 Å². The number of anilines is 1. The van der Waals surface area contributed by atoms with Gasteiger partial charge in [0.2, 0.25) is 0 Å². The Labute approximate surface area is 148 Å². The summed E-state index contributed by atoms with van der Waals surface area (Å²) >= 11 is 0. The number of hydrogen-bond acceptors (Lipinski definition) is 5. The summed E-state index contributed by atoms with van der Waals surface area (Å²) in [6.07, 6.45) is -3.02. The van der Waals surface area contributed by atoms with Crippen LogP contribution in [0.4, 0.5) is 24.5 Å². The first-order valence-corrected chi connectivity index (χ1v) is 8.23. The molecule has 0 saturated carbocycles. The number of piperidine rings is 1. The number of amides is 1. The normalized spacial score (nSPS) is 16.3. The third-order valence-electron chi connectivity index (χ3n) is 4.37. The molecule has 0 unspecified atom stereocenters. The molecule has 7 nitrogen and oxygen atoms in total. The van der Waals surface area contributed by atoms with E-state index in [4.69, 9.17) is 0 Å². The maximum atomic E-state index is 12.4. The van der Waals surface area contributed by atoms with Crippen LogP contribution in [0.2, 0.25) is 0 Å². The fourth-order valence-corrected chi connectivity index (χ4v) is 2.97. The number of likely N-dealkylation sites (tertiary alicyclic amines) is 1. The zero-order chi connectivity index (χ0) is 19.3. The van der Waals surface area contributed by atoms with E-state index < -0.39 is 23.6 Å². The highest BCUT2D eigenvalue weighted by atomic mass is 19.4. The summed E-state index contributed by atoms with van der Waals surface area (Å²) in [6.45, 7) is 0.229. The molecular weight excluding hydrogens is 353 g/mol. The highest BCUT2D eigenvalue weighted by Crippen LogP contribution is 2.27. The number of nitro benzene ring substituents is 1. The Morgan fingerprint density at radius 1 is 1.35 bits per heavy atom. The number of carbonyl (C=O) groups is 1. The fourth-order valence-electron chi connectivity index (χ4n) is 2.97. The van der Waals surface area contributed by atoms with Crippen molar-refractivity contribution < 1.29 is 22.9 Å². The molecule has 1 aliphatic rings. The van der Waals surface area contributed by atoms with Crippen molar-refractivity contribution in [2.45, 2.75) is 19.0 Å². The molecule has 0 atom stereocenters. The molecule has 2 N–H and O–H groups in total. The summed E-state index contributed by atoms with van der Waals surface area (Å²) in [6, 6.07) is 4.16. The number of halogens is 3. The van der Waals surface area contributed by atoms with Crippen LogP contribution in [0.3, 0.4) is 0 Å². The maximum absolute atomic E-state index is 12.4. The second-order valence-electron chi connectivity index (χ2n) is 6.28.